The van der Waals surface area contributed by atoms with Crippen LogP contribution in [-0.2, 0) is 0 Å². The van der Waals surface area contributed by atoms with Crippen molar-refractivity contribution in [1.29, 1.82) is 0 Å². The first-order valence-corrected chi connectivity index (χ1v) is 7.06. The van der Waals surface area contributed by atoms with Crippen LogP contribution in [0, 0.1) is 5.92 Å². The molecule has 2 N–H and O–H groups in total. The number of hydrogen-bond donors (Lipinski definition) is 2. The van der Waals surface area contributed by atoms with Crippen molar-refractivity contribution in [2.24, 2.45) is 5.92 Å². The van der Waals surface area contributed by atoms with Gasteiger partial charge in [-0.1, -0.05) is 13.8 Å². The maximum atomic E-state index is 12.0. The van der Waals surface area contributed by atoms with Crippen molar-refractivity contribution in [3.05, 3.63) is 41.9 Å². The lowest BCUT2D eigenvalue weighted by atomic mass is 9.89. The number of hydrogen-bond acceptors (Lipinski definition) is 2. The summed E-state index contributed by atoms with van der Waals surface area (Å²) < 4.78 is 0. The lowest BCUT2D eigenvalue weighted by molar-refractivity contribution is 0.0938. The molecule has 0 aliphatic carbocycles. The number of H-pyrrole nitrogens is 1. The molecule has 0 unspecified atom stereocenters. The molecule has 0 spiro atoms. The third-order valence-corrected chi connectivity index (χ3v) is 3.76. The van der Waals surface area contributed by atoms with Gasteiger partial charge in [-0.2, -0.15) is 0 Å². The van der Waals surface area contributed by atoms with E-state index in [0.717, 1.165) is 35.5 Å². The average Bonchev–Trinajstić information content (AvgIpc) is 2.89. The molecule has 104 valence electrons. The van der Waals surface area contributed by atoms with Gasteiger partial charge < -0.3 is 10.3 Å². The highest BCUT2D eigenvalue weighted by atomic mass is 16.1. The molecule has 1 atom stereocenters. The van der Waals surface area contributed by atoms with Gasteiger partial charge in [0.15, 0.2) is 0 Å². The molecule has 1 aliphatic rings. The first kappa shape index (κ1) is 12.9. The fourth-order valence-electron chi connectivity index (χ4n) is 2.85. The second-order valence-corrected chi connectivity index (χ2v) is 5.78. The standard InChI is InChI=1S/C16H19N3O/c1-10(2)7-12-9-18-16(20)13-8-14(19-15(12)13)11-3-5-17-6-4-11/h3-6,8,10,12,19H,7,9H2,1-2H3,(H,18,20)/t12-/m0/s1. The minimum absolute atomic E-state index is 0.0246. The van der Waals surface area contributed by atoms with Crippen molar-refractivity contribution in [3.8, 4) is 11.3 Å². The van der Waals surface area contributed by atoms with Gasteiger partial charge in [-0.15, -0.1) is 0 Å². The lowest BCUT2D eigenvalue weighted by Crippen LogP contribution is -2.35. The van der Waals surface area contributed by atoms with E-state index >= 15 is 0 Å². The van der Waals surface area contributed by atoms with Crippen LogP contribution in [0.5, 0.6) is 0 Å². The molecule has 0 saturated heterocycles. The van der Waals surface area contributed by atoms with Gasteiger partial charge in [-0.05, 0) is 30.5 Å². The van der Waals surface area contributed by atoms with E-state index in [1.165, 1.54) is 0 Å². The molecular weight excluding hydrogens is 250 g/mol. The van der Waals surface area contributed by atoms with Gasteiger partial charge in [-0.25, -0.2) is 0 Å². The van der Waals surface area contributed by atoms with Crippen LogP contribution < -0.4 is 5.32 Å². The number of carbonyl (C=O) groups is 1. The first-order chi connectivity index (χ1) is 9.65. The predicted octanol–water partition coefficient (Wildman–Crippen LogP) is 2.95. The van der Waals surface area contributed by atoms with E-state index in [1.54, 1.807) is 12.4 Å². The molecule has 2 aromatic heterocycles. The minimum atomic E-state index is 0.0246. The number of pyridine rings is 1. The highest BCUT2D eigenvalue weighted by Gasteiger charge is 2.28. The fraction of sp³-hybridized carbons (Fsp3) is 0.375. The highest BCUT2D eigenvalue weighted by Crippen LogP contribution is 2.32. The molecule has 1 aliphatic heterocycles. The molecule has 1 amide bonds. The Labute approximate surface area is 118 Å². The Morgan fingerprint density at radius 3 is 2.80 bits per heavy atom. The van der Waals surface area contributed by atoms with Crippen LogP contribution in [0.25, 0.3) is 11.3 Å². The van der Waals surface area contributed by atoms with Gasteiger partial charge in [0.2, 0.25) is 0 Å². The Kier molecular flexibility index (Phi) is 3.30. The quantitative estimate of drug-likeness (QED) is 0.900. The highest BCUT2D eigenvalue weighted by molar-refractivity contribution is 5.98. The summed E-state index contributed by atoms with van der Waals surface area (Å²) in [7, 11) is 0. The van der Waals surface area contributed by atoms with Crippen molar-refractivity contribution in [1.82, 2.24) is 15.3 Å². The predicted molar refractivity (Wildman–Crippen MR) is 78.6 cm³/mol. The number of fused-ring (bicyclic) bond motifs is 1. The van der Waals surface area contributed by atoms with Crippen molar-refractivity contribution in [2.45, 2.75) is 26.2 Å². The van der Waals surface area contributed by atoms with Crippen LogP contribution in [0.15, 0.2) is 30.6 Å². The van der Waals surface area contributed by atoms with Crippen molar-refractivity contribution in [2.75, 3.05) is 6.54 Å². The smallest absolute Gasteiger partial charge is 0.253 e. The van der Waals surface area contributed by atoms with Crippen LogP contribution in [0.4, 0.5) is 0 Å². The van der Waals surface area contributed by atoms with E-state index in [9.17, 15) is 4.79 Å². The molecule has 3 heterocycles. The zero-order chi connectivity index (χ0) is 14.1. The molecule has 0 radical (unpaired) electrons. The van der Waals surface area contributed by atoms with Crippen molar-refractivity contribution < 1.29 is 4.79 Å². The summed E-state index contributed by atoms with van der Waals surface area (Å²) in [6, 6.07) is 5.85. The van der Waals surface area contributed by atoms with Gasteiger partial charge in [0, 0.05) is 41.8 Å². The molecule has 0 saturated carbocycles. The maximum absolute atomic E-state index is 12.0. The van der Waals surface area contributed by atoms with Crippen LogP contribution in [-0.4, -0.2) is 22.4 Å². The van der Waals surface area contributed by atoms with E-state index in [0.29, 0.717) is 11.8 Å². The Balaban J connectivity index is 2.00. The van der Waals surface area contributed by atoms with Crippen LogP contribution in [0.2, 0.25) is 0 Å². The molecule has 0 aromatic carbocycles. The molecule has 0 bridgehead atoms. The lowest BCUT2D eigenvalue weighted by Gasteiger charge is -2.24. The van der Waals surface area contributed by atoms with E-state index in [2.05, 4.69) is 29.1 Å². The number of nitrogens with zero attached hydrogens (tertiary/aromatic N) is 1. The van der Waals surface area contributed by atoms with Gasteiger partial charge in [0.25, 0.3) is 5.91 Å². The van der Waals surface area contributed by atoms with Gasteiger partial charge >= 0.3 is 0 Å². The molecule has 3 rings (SSSR count). The van der Waals surface area contributed by atoms with Gasteiger partial charge in [-0.3, -0.25) is 9.78 Å². The number of aromatic amines is 1. The summed E-state index contributed by atoms with van der Waals surface area (Å²) >= 11 is 0. The maximum Gasteiger partial charge on any atom is 0.253 e. The summed E-state index contributed by atoms with van der Waals surface area (Å²) in [5.74, 6) is 1.00. The number of amides is 1. The summed E-state index contributed by atoms with van der Waals surface area (Å²) in [6.45, 7) is 5.14. The molecule has 0 fully saturated rings. The first-order valence-electron chi connectivity index (χ1n) is 7.06. The molecule has 2 aromatic rings. The summed E-state index contributed by atoms with van der Waals surface area (Å²) in [5, 5.41) is 2.99. The molecule has 4 nitrogen and oxygen atoms in total. The van der Waals surface area contributed by atoms with Gasteiger partial charge in [0.1, 0.15) is 0 Å². The van der Waals surface area contributed by atoms with E-state index in [1.807, 2.05) is 18.2 Å². The fourth-order valence-corrected chi connectivity index (χ4v) is 2.85. The Bertz CT molecular complexity index is 616. The second-order valence-electron chi connectivity index (χ2n) is 5.78. The Morgan fingerprint density at radius 1 is 1.35 bits per heavy atom. The largest absolute Gasteiger partial charge is 0.357 e. The van der Waals surface area contributed by atoms with E-state index in [-0.39, 0.29) is 5.91 Å². The third-order valence-electron chi connectivity index (χ3n) is 3.76. The molecule has 20 heavy (non-hydrogen) atoms. The monoisotopic (exact) mass is 269 g/mol. The summed E-state index contributed by atoms with van der Waals surface area (Å²) in [5.41, 5.74) is 3.91. The third kappa shape index (κ3) is 2.33. The SMILES string of the molecule is CC(C)C[C@H]1CNC(=O)c2cc(-c3ccncc3)[nH]c21. The number of nitrogens with one attached hydrogen (secondary N) is 2. The normalized spacial score (nSPS) is 17.9. The van der Waals surface area contributed by atoms with Gasteiger partial charge in [0.05, 0.1) is 5.56 Å². The van der Waals surface area contributed by atoms with Crippen molar-refractivity contribution >= 4 is 5.91 Å². The summed E-state index contributed by atoms with van der Waals surface area (Å²) in [4.78, 5) is 19.5. The average molecular weight is 269 g/mol. The Hall–Kier alpha value is -2.10. The van der Waals surface area contributed by atoms with Crippen molar-refractivity contribution in [3.63, 3.8) is 0 Å². The molecule has 4 heteroatoms. The van der Waals surface area contributed by atoms with Crippen LogP contribution in [0.1, 0.15) is 42.2 Å². The zero-order valence-corrected chi connectivity index (χ0v) is 11.8. The topological polar surface area (TPSA) is 57.8 Å². The number of rotatable bonds is 3. The zero-order valence-electron chi connectivity index (χ0n) is 11.8. The van der Waals surface area contributed by atoms with Crippen LogP contribution >= 0.6 is 0 Å². The minimum Gasteiger partial charge on any atom is -0.357 e. The Morgan fingerprint density at radius 2 is 2.10 bits per heavy atom. The molecular formula is C16H19N3O. The number of aromatic nitrogens is 2. The van der Waals surface area contributed by atoms with E-state index in [4.69, 9.17) is 0 Å². The summed E-state index contributed by atoms with van der Waals surface area (Å²) in [6.07, 6.45) is 4.60. The van der Waals surface area contributed by atoms with E-state index < -0.39 is 0 Å². The van der Waals surface area contributed by atoms with Crippen LogP contribution in [0.3, 0.4) is 0 Å². The second kappa shape index (κ2) is 5.12. The number of carbonyl (C=O) groups excluding carboxylic acids is 1.